The summed E-state index contributed by atoms with van der Waals surface area (Å²) >= 11 is 1.37. The van der Waals surface area contributed by atoms with Gasteiger partial charge in [0.2, 0.25) is 5.91 Å². The summed E-state index contributed by atoms with van der Waals surface area (Å²) < 4.78 is 7.75. The number of ether oxygens (including phenoxy) is 1. The van der Waals surface area contributed by atoms with Crippen molar-refractivity contribution in [1.29, 1.82) is 0 Å². The molecule has 1 aromatic carbocycles. The van der Waals surface area contributed by atoms with E-state index < -0.39 is 0 Å². The first-order valence-electron chi connectivity index (χ1n) is 10.3. The predicted octanol–water partition coefficient (Wildman–Crippen LogP) is 3.88. The number of nitrogens with zero attached hydrogens (tertiary/aromatic N) is 4. The van der Waals surface area contributed by atoms with Crippen LogP contribution >= 0.6 is 11.8 Å². The number of benzene rings is 1. The van der Waals surface area contributed by atoms with Crippen molar-refractivity contribution >= 4 is 17.7 Å². The molecule has 8 heteroatoms. The smallest absolute Gasteiger partial charge is 0.230 e. The highest BCUT2D eigenvalue weighted by Gasteiger charge is 2.22. The molecule has 0 aliphatic heterocycles. The van der Waals surface area contributed by atoms with Crippen LogP contribution in [-0.2, 0) is 4.79 Å². The van der Waals surface area contributed by atoms with E-state index in [1.807, 2.05) is 54.0 Å². The largest absolute Gasteiger partial charge is 0.492 e. The van der Waals surface area contributed by atoms with Gasteiger partial charge in [0, 0.05) is 12.2 Å². The maximum Gasteiger partial charge on any atom is 0.230 e. The number of carbonyl (C=O) groups is 1. The Morgan fingerprint density at radius 2 is 1.97 bits per heavy atom. The standard InChI is InChI=1S/C22H25N5O2S/c1-2-29-19-13-6-5-12-18(19)27-21(17-11-7-8-14-23-17)25-26-22(27)30-15-20(28)24-16-9-3-4-10-16/h5-8,11-14,16H,2-4,9-10,15H2,1H3,(H,24,28). The number of hydrogen-bond acceptors (Lipinski definition) is 6. The van der Waals surface area contributed by atoms with Crippen molar-refractivity contribution in [2.24, 2.45) is 0 Å². The fourth-order valence-corrected chi connectivity index (χ4v) is 4.39. The van der Waals surface area contributed by atoms with Crippen molar-refractivity contribution in [2.45, 2.75) is 43.8 Å². The summed E-state index contributed by atoms with van der Waals surface area (Å²) in [6, 6.07) is 13.7. The van der Waals surface area contributed by atoms with Crippen LogP contribution in [0.1, 0.15) is 32.6 Å². The van der Waals surface area contributed by atoms with Crippen molar-refractivity contribution in [3.63, 3.8) is 0 Å². The molecule has 2 aromatic heterocycles. The van der Waals surface area contributed by atoms with Crippen molar-refractivity contribution in [2.75, 3.05) is 12.4 Å². The number of thioether (sulfide) groups is 1. The summed E-state index contributed by atoms with van der Waals surface area (Å²) in [6.07, 6.45) is 6.24. The summed E-state index contributed by atoms with van der Waals surface area (Å²) in [5.41, 5.74) is 1.53. The normalized spacial score (nSPS) is 14.0. The molecule has 0 atom stereocenters. The molecule has 0 unspecified atom stereocenters. The number of aromatic nitrogens is 4. The highest BCUT2D eigenvalue weighted by atomic mass is 32.2. The fraction of sp³-hybridized carbons (Fsp3) is 0.364. The Balaban J connectivity index is 1.64. The van der Waals surface area contributed by atoms with Gasteiger partial charge in [0.15, 0.2) is 11.0 Å². The molecule has 30 heavy (non-hydrogen) atoms. The van der Waals surface area contributed by atoms with Gasteiger partial charge in [0.25, 0.3) is 0 Å². The van der Waals surface area contributed by atoms with E-state index in [4.69, 9.17) is 4.74 Å². The molecule has 1 aliphatic rings. The third-order valence-electron chi connectivity index (χ3n) is 4.99. The second-order valence-corrected chi connectivity index (χ2v) is 8.04. The molecule has 156 valence electrons. The van der Waals surface area contributed by atoms with Crippen LogP contribution < -0.4 is 10.1 Å². The molecule has 0 saturated heterocycles. The van der Waals surface area contributed by atoms with E-state index in [1.54, 1.807) is 6.20 Å². The number of amides is 1. The maximum absolute atomic E-state index is 12.4. The average Bonchev–Trinajstić information content (AvgIpc) is 3.43. The Labute approximate surface area is 180 Å². The van der Waals surface area contributed by atoms with Gasteiger partial charge in [-0.1, -0.05) is 42.8 Å². The molecule has 0 bridgehead atoms. The van der Waals surface area contributed by atoms with Crippen molar-refractivity contribution in [3.05, 3.63) is 48.7 Å². The van der Waals surface area contributed by atoms with Gasteiger partial charge in [-0.25, -0.2) is 0 Å². The van der Waals surface area contributed by atoms with E-state index in [2.05, 4.69) is 20.5 Å². The average molecular weight is 424 g/mol. The molecule has 7 nitrogen and oxygen atoms in total. The van der Waals surface area contributed by atoms with Crippen molar-refractivity contribution in [3.8, 4) is 23.0 Å². The molecule has 1 saturated carbocycles. The van der Waals surface area contributed by atoms with Crippen molar-refractivity contribution in [1.82, 2.24) is 25.1 Å². The Morgan fingerprint density at radius 3 is 2.73 bits per heavy atom. The lowest BCUT2D eigenvalue weighted by Gasteiger charge is -2.15. The molecule has 1 N–H and O–H groups in total. The van der Waals surface area contributed by atoms with E-state index in [0.717, 1.165) is 24.3 Å². The zero-order chi connectivity index (χ0) is 20.8. The van der Waals surface area contributed by atoms with E-state index in [9.17, 15) is 4.79 Å². The quantitative estimate of drug-likeness (QED) is 0.554. The monoisotopic (exact) mass is 423 g/mol. The zero-order valence-corrected chi connectivity index (χ0v) is 17.8. The van der Waals surface area contributed by atoms with Gasteiger partial charge < -0.3 is 10.1 Å². The number of pyridine rings is 1. The number of carbonyl (C=O) groups excluding carboxylic acids is 1. The van der Waals surface area contributed by atoms with Gasteiger partial charge in [-0.2, -0.15) is 0 Å². The van der Waals surface area contributed by atoms with Gasteiger partial charge in [-0.3, -0.25) is 14.3 Å². The Hall–Kier alpha value is -2.87. The topological polar surface area (TPSA) is 81.9 Å². The SMILES string of the molecule is CCOc1ccccc1-n1c(SCC(=O)NC2CCCC2)nnc1-c1ccccn1. The van der Waals surface area contributed by atoms with Gasteiger partial charge in [-0.05, 0) is 44.0 Å². The lowest BCUT2D eigenvalue weighted by molar-refractivity contribution is -0.119. The van der Waals surface area contributed by atoms with Crippen LogP contribution in [0.15, 0.2) is 53.8 Å². The van der Waals surface area contributed by atoms with Crippen LogP contribution in [0.2, 0.25) is 0 Å². The highest BCUT2D eigenvalue weighted by Crippen LogP contribution is 2.32. The Morgan fingerprint density at radius 1 is 1.17 bits per heavy atom. The van der Waals surface area contributed by atoms with E-state index >= 15 is 0 Å². The van der Waals surface area contributed by atoms with Crippen molar-refractivity contribution < 1.29 is 9.53 Å². The fourth-order valence-electron chi connectivity index (χ4n) is 3.63. The van der Waals surface area contributed by atoms with E-state index in [1.165, 1.54) is 24.6 Å². The molecule has 0 spiro atoms. The molecule has 2 heterocycles. The molecule has 3 aromatic rings. The summed E-state index contributed by atoms with van der Waals surface area (Å²) in [7, 11) is 0. The summed E-state index contributed by atoms with van der Waals surface area (Å²) in [4.78, 5) is 16.9. The zero-order valence-electron chi connectivity index (χ0n) is 17.0. The summed E-state index contributed by atoms with van der Waals surface area (Å²) in [5, 5.41) is 12.5. The lowest BCUT2D eigenvalue weighted by Crippen LogP contribution is -2.33. The van der Waals surface area contributed by atoms with E-state index in [-0.39, 0.29) is 11.7 Å². The van der Waals surface area contributed by atoms with Crippen LogP contribution in [-0.4, -0.2) is 44.1 Å². The van der Waals surface area contributed by atoms with Crippen LogP contribution in [0.4, 0.5) is 0 Å². The summed E-state index contributed by atoms with van der Waals surface area (Å²) in [6.45, 7) is 2.50. The number of para-hydroxylation sites is 2. The first-order valence-corrected chi connectivity index (χ1v) is 11.3. The van der Waals surface area contributed by atoms with Crippen LogP contribution in [0.3, 0.4) is 0 Å². The summed E-state index contributed by atoms with van der Waals surface area (Å²) in [5.74, 6) is 1.66. The van der Waals surface area contributed by atoms with Gasteiger partial charge >= 0.3 is 0 Å². The van der Waals surface area contributed by atoms with Gasteiger partial charge in [0.1, 0.15) is 11.4 Å². The van der Waals surface area contributed by atoms with Crippen LogP contribution in [0, 0.1) is 0 Å². The first-order chi connectivity index (χ1) is 14.8. The number of nitrogens with one attached hydrogen (secondary N) is 1. The minimum absolute atomic E-state index is 0.0268. The number of hydrogen-bond donors (Lipinski definition) is 1. The minimum Gasteiger partial charge on any atom is -0.492 e. The molecular formula is C22H25N5O2S. The molecule has 1 fully saturated rings. The lowest BCUT2D eigenvalue weighted by atomic mass is 10.2. The Bertz CT molecular complexity index is 986. The molecule has 4 rings (SSSR count). The second-order valence-electron chi connectivity index (χ2n) is 7.09. The maximum atomic E-state index is 12.4. The van der Waals surface area contributed by atoms with Gasteiger partial charge in [0.05, 0.1) is 18.0 Å². The second kappa shape index (κ2) is 9.75. The first kappa shape index (κ1) is 20.4. The third kappa shape index (κ3) is 4.64. The molecule has 0 radical (unpaired) electrons. The third-order valence-corrected chi connectivity index (χ3v) is 5.91. The molecular weight excluding hydrogens is 398 g/mol. The Kier molecular flexibility index (Phi) is 6.63. The highest BCUT2D eigenvalue weighted by molar-refractivity contribution is 7.99. The molecule has 1 aliphatic carbocycles. The van der Waals surface area contributed by atoms with Crippen LogP contribution in [0.25, 0.3) is 17.2 Å². The van der Waals surface area contributed by atoms with E-state index in [0.29, 0.717) is 29.3 Å². The minimum atomic E-state index is 0.0268. The number of rotatable bonds is 8. The van der Waals surface area contributed by atoms with Crippen LogP contribution in [0.5, 0.6) is 5.75 Å². The molecule has 1 amide bonds. The van der Waals surface area contributed by atoms with Gasteiger partial charge in [-0.15, -0.1) is 10.2 Å². The predicted molar refractivity (Wildman–Crippen MR) is 117 cm³/mol.